The fourth-order valence-corrected chi connectivity index (χ4v) is 3.15. The van der Waals surface area contributed by atoms with Crippen molar-refractivity contribution in [2.45, 2.75) is 25.8 Å². The molecule has 0 fully saturated rings. The summed E-state index contributed by atoms with van der Waals surface area (Å²) in [6.07, 6.45) is 1.80. The lowest BCUT2D eigenvalue weighted by molar-refractivity contribution is 0.103. The highest BCUT2D eigenvalue weighted by atomic mass is 28.2. The predicted molar refractivity (Wildman–Crippen MR) is 93.4 cm³/mol. The molecule has 0 spiro atoms. The zero-order chi connectivity index (χ0) is 16.5. The Bertz CT molecular complexity index is 626. The SMILES string of the molecule is CCO[Si]CCCc1c(OC)cccc1C(=O)c1ccccc1. The van der Waals surface area contributed by atoms with Crippen LogP contribution in [0.15, 0.2) is 48.5 Å². The summed E-state index contributed by atoms with van der Waals surface area (Å²) in [5, 5.41) is 0. The summed E-state index contributed by atoms with van der Waals surface area (Å²) in [6.45, 7) is 2.76. The van der Waals surface area contributed by atoms with E-state index in [2.05, 4.69) is 0 Å². The quantitative estimate of drug-likeness (QED) is 0.398. The van der Waals surface area contributed by atoms with Crippen molar-refractivity contribution in [3.05, 3.63) is 65.2 Å². The summed E-state index contributed by atoms with van der Waals surface area (Å²) in [5.41, 5.74) is 2.43. The summed E-state index contributed by atoms with van der Waals surface area (Å²) in [7, 11) is 2.17. The van der Waals surface area contributed by atoms with Gasteiger partial charge in [0.1, 0.15) is 5.75 Å². The molecule has 0 aromatic heterocycles. The fraction of sp³-hybridized carbons (Fsp3) is 0.316. The lowest BCUT2D eigenvalue weighted by Gasteiger charge is -2.13. The highest BCUT2D eigenvalue weighted by molar-refractivity contribution is 6.26. The molecule has 0 amide bonds. The number of hydrogen-bond acceptors (Lipinski definition) is 3. The van der Waals surface area contributed by atoms with Gasteiger partial charge < -0.3 is 9.16 Å². The van der Waals surface area contributed by atoms with Gasteiger partial charge >= 0.3 is 0 Å². The summed E-state index contributed by atoms with van der Waals surface area (Å²) in [4.78, 5) is 12.8. The zero-order valence-corrected chi connectivity index (χ0v) is 14.7. The third kappa shape index (κ3) is 4.78. The minimum Gasteiger partial charge on any atom is -0.496 e. The number of ether oxygens (including phenoxy) is 1. The average Bonchev–Trinajstić information content (AvgIpc) is 2.61. The second-order valence-corrected chi connectivity index (χ2v) is 6.19. The first-order chi connectivity index (χ1) is 11.3. The molecular formula is C19H22O3Si. The van der Waals surface area contributed by atoms with Gasteiger partial charge in [-0.3, -0.25) is 4.79 Å². The standard InChI is InChI=1S/C19H22O3Si/c1-3-22-23-14-8-12-16-17(11-7-13-18(16)21-2)19(20)15-9-5-4-6-10-15/h4-7,9-11,13H,3,8,12,14H2,1-2H3. The molecule has 2 radical (unpaired) electrons. The Balaban J connectivity index is 2.20. The van der Waals surface area contributed by atoms with Gasteiger partial charge in [-0.15, -0.1) is 0 Å². The molecular weight excluding hydrogens is 304 g/mol. The smallest absolute Gasteiger partial charge is 0.229 e. The van der Waals surface area contributed by atoms with Gasteiger partial charge in [0, 0.05) is 23.3 Å². The molecule has 0 saturated heterocycles. The number of carbonyl (C=O) groups excluding carboxylic acids is 1. The maximum absolute atomic E-state index is 12.8. The van der Waals surface area contributed by atoms with Gasteiger partial charge in [0.25, 0.3) is 0 Å². The number of benzene rings is 2. The minimum atomic E-state index is 0.0479. The Hall–Kier alpha value is -1.91. The molecule has 3 nitrogen and oxygen atoms in total. The Labute approximate surface area is 140 Å². The third-order valence-electron chi connectivity index (χ3n) is 3.59. The zero-order valence-electron chi connectivity index (χ0n) is 13.7. The molecule has 4 heteroatoms. The molecule has 0 aliphatic carbocycles. The fourth-order valence-electron chi connectivity index (χ4n) is 2.48. The van der Waals surface area contributed by atoms with Crippen molar-refractivity contribution < 1.29 is 14.0 Å². The van der Waals surface area contributed by atoms with Crippen LogP contribution in [-0.4, -0.2) is 29.3 Å². The van der Waals surface area contributed by atoms with Crippen molar-refractivity contribution in [2.24, 2.45) is 0 Å². The van der Waals surface area contributed by atoms with Crippen LogP contribution in [0.3, 0.4) is 0 Å². The van der Waals surface area contributed by atoms with Crippen LogP contribution in [0.25, 0.3) is 0 Å². The van der Waals surface area contributed by atoms with E-state index in [-0.39, 0.29) is 5.78 Å². The Morgan fingerprint density at radius 3 is 2.57 bits per heavy atom. The van der Waals surface area contributed by atoms with E-state index in [0.29, 0.717) is 15.3 Å². The first kappa shape index (κ1) is 17.4. The Morgan fingerprint density at radius 1 is 1.09 bits per heavy atom. The summed E-state index contributed by atoms with van der Waals surface area (Å²) >= 11 is 0. The van der Waals surface area contributed by atoms with E-state index in [4.69, 9.17) is 9.16 Å². The Morgan fingerprint density at radius 2 is 1.87 bits per heavy atom. The normalized spacial score (nSPS) is 10.5. The van der Waals surface area contributed by atoms with Crippen molar-refractivity contribution >= 4 is 15.5 Å². The summed E-state index contributed by atoms with van der Waals surface area (Å²) in [6, 6.07) is 16.1. The highest BCUT2D eigenvalue weighted by Crippen LogP contribution is 2.26. The molecule has 0 N–H and O–H groups in total. The molecule has 0 saturated carbocycles. The van der Waals surface area contributed by atoms with Crippen LogP contribution >= 0.6 is 0 Å². The van der Waals surface area contributed by atoms with Gasteiger partial charge in [-0.25, -0.2) is 0 Å². The maximum atomic E-state index is 12.8. The van der Waals surface area contributed by atoms with E-state index in [1.54, 1.807) is 7.11 Å². The number of ketones is 1. The molecule has 0 bridgehead atoms. The van der Waals surface area contributed by atoms with Gasteiger partial charge in [0.05, 0.1) is 7.11 Å². The van der Waals surface area contributed by atoms with Crippen molar-refractivity contribution in [1.29, 1.82) is 0 Å². The second kappa shape index (κ2) is 9.28. The van der Waals surface area contributed by atoms with E-state index in [0.717, 1.165) is 42.4 Å². The lowest BCUT2D eigenvalue weighted by atomic mass is 9.95. The Kier molecular flexibility index (Phi) is 7.03. The minimum absolute atomic E-state index is 0.0479. The van der Waals surface area contributed by atoms with Crippen molar-refractivity contribution in [3.8, 4) is 5.75 Å². The third-order valence-corrected chi connectivity index (χ3v) is 4.64. The first-order valence-electron chi connectivity index (χ1n) is 7.88. The van der Waals surface area contributed by atoms with Crippen LogP contribution in [0.1, 0.15) is 34.8 Å². The molecule has 0 atom stereocenters. The van der Waals surface area contributed by atoms with E-state index in [1.807, 2.05) is 55.5 Å². The van der Waals surface area contributed by atoms with Crippen LogP contribution in [0, 0.1) is 0 Å². The van der Waals surface area contributed by atoms with Crippen LogP contribution < -0.4 is 4.74 Å². The van der Waals surface area contributed by atoms with Gasteiger partial charge in [-0.05, 0) is 31.9 Å². The molecule has 23 heavy (non-hydrogen) atoms. The molecule has 0 heterocycles. The summed E-state index contributed by atoms with van der Waals surface area (Å²) in [5.74, 6) is 0.832. The number of carbonyl (C=O) groups is 1. The van der Waals surface area contributed by atoms with Gasteiger partial charge in [0.2, 0.25) is 9.76 Å². The van der Waals surface area contributed by atoms with Crippen LogP contribution in [0.4, 0.5) is 0 Å². The van der Waals surface area contributed by atoms with Gasteiger partial charge in [-0.1, -0.05) is 42.5 Å². The molecule has 2 rings (SSSR count). The molecule has 0 aliphatic rings. The number of rotatable bonds is 9. The van der Waals surface area contributed by atoms with Crippen molar-refractivity contribution in [2.75, 3.05) is 13.7 Å². The molecule has 2 aromatic carbocycles. The lowest BCUT2D eigenvalue weighted by Crippen LogP contribution is -2.08. The number of methoxy groups -OCH3 is 1. The molecule has 2 aromatic rings. The molecule has 0 unspecified atom stereocenters. The highest BCUT2D eigenvalue weighted by Gasteiger charge is 2.16. The van der Waals surface area contributed by atoms with E-state index < -0.39 is 0 Å². The maximum Gasteiger partial charge on any atom is 0.229 e. The largest absolute Gasteiger partial charge is 0.496 e. The average molecular weight is 326 g/mol. The van der Waals surface area contributed by atoms with Crippen molar-refractivity contribution in [1.82, 2.24) is 0 Å². The van der Waals surface area contributed by atoms with Crippen molar-refractivity contribution in [3.63, 3.8) is 0 Å². The first-order valence-corrected chi connectivity index (χ1v) is 8.99. The predicted octanol–water partition coefficient (Wildman–Crippen LogP) is 3.93. The van der Waals surface area contributed by atoms with Gasteiger partial charge in [-0.2, -0.15) is 0 Å². The van der Waals surface area contributed by atoms with Crippen LogP contribution in [-0.2, 0) is 10.8 Å². The van der Waals surface area contributed by atoms with E-state index in [1.165, 1.54) is 0 Å². The van der Waals surface area contributed by atoms with Gasteiger partial charge in [0.15, 0.2) is 5.78 Å². The summed E-state index contributed by atoms with van der Waals surface area (Å²) < 4.78 is 10.9. The molecule has 120 valence electrons. The van der Waals surface area contributed by atoms with Crippen LogP contribution in [0.5, 0.6) is 5.75 Å². The van der Waals surface area contributed by atoms with E-state index in [9.17, 15) is 4.79 Å². The van der Waals surface area contributed by atoms with E-state index >= 15 is 0 Å². The topological polar surface area (TPSA) is 35.5 Å². The molecule has 0 aliphatic heterocycles. The monoisotopic (exact) mass is 326 g/mol. The van der Waals surface area contributed by atoms with Crippen LogP contribution in [0.2, 0.25) is 6.04 Å². The number of hydrogen-bond donors (Lipinski definition) is 0. The second-order valence-electron chi connectivity index (χ2n) is 5.11.